The summed E-state index contributed by atoms with van der Waals surface area (Å²) in [6.07, 6.45) is 1.72. The highest BCUT2D eigenvalue weighted by atomic mass is 32.2. The molecule has 2 rings (SSSR count). The van der Waals surface area contributed by atoms with Crippen LogP contribution in [0.5, 0.6) is 0 Å². The Morgan fingerprint density at radius 1 is 1.19 bits per heavy atom. The fourth-order valence-electron chi connectivity index (χ4n) is 3.44. The van der Waals surface area contributed by atoms with Crippen LogP contribution < -0.4 is 10.0 Å². The maximum atomic E-state index is 12.7. The second-order valence-corrected chi connectivity index (χ2v) is 8.78. The molecule has 8 heteroatoms. The molecule has 0 aromatic heterocycles. The molecule has 1 aromatic rings. The van der Waals surface area contributed by atoms with Gasteiger partial charge in [-0.15, -0.1) is 0 Å². The normalized spacial score (nSPS) is 16.9. The summed E-state index contributed by atoms with van der Waals surface area (Å²) >= 11 is 0. The molecule has 1 aromatic carbocycles. The number of benzene rings is 1. The molecule has 0 bridgehead atoms. The predicted molar refractivity (Wildman–Crippen MR) is 105 cm³/mol. The number of hydrogen-bond donors (Lipinski definition) is 2. The van der Waals surface area contributed by atoms with Crippen LogP contribution in [0.4, 0.5) is 0 Å². The molecule has 0 atom stereocenters. The number of methoxy groups -OCH3 is 1. The standard InChI is InChI=1S/C19H31N3O4S/c1-4-22(5-2)18(23)16-6-8-17(9-7-16)27(24,25)21-14-19(15-26-3)10-12-20-13-11-19/h6-9,20-21H,4-5,10-15H2,1-3H3. The number of nitrogens with one attached hydrogen (secondary N) is 2. The van der Waals surface area contributed by atoms with Crippen molar-refractivity contribution in [2.24, 2.45) is 5.41 Å². The maximum Gasteiger partial charge on any atom is 0.253 e. The Kier molecular flexibility index (Phi) is 7.79. The third-order valence-corrected chi connectivity index (χ3v) is 6.63. The van der Waals surface area contributed by atoms with Crippen LogP contribution in [-0.4, -0.2) is 65.7 Å². The van der Waals surface area contributed by atoms with Gasteiger partial charge in [-0.25, -0.2) is 13.1 Å². The van der Waals surface area contributed by atoms with E-state index in [2.05, 4.69) is 10.0 Å². The van der Waals surface area contributed by atoms with Gasteiger partial charge in [-0.2, -0.15) is 0 Å². The lowest BCUT2D eigenvalue weighted by Crippen LogP contribution is -2.47. The first-order chi connectivity index (χ1) is 12.9. The minimum Gasteiger partial charge on any atom is -0.384 e. The summed E-state index contributed by atoms with van der Waals surface area (Å²) in [5.41, 5.74) is 0.304. The lowest BCUT2D eigenvalue weighted by atomic mass is 9.80. The van der Waals surface area contributed by atoms with Crippen molar-refractivity contribution in [3.63, 3.8) is 0 Å². The molecule has 0 saturated carbocycles. The molecule has 1 amide bonds. The van der Waals surface area contributed by atoms with Crippen molar-refractivity contribution >= 4 is 15.9 Å². The number of rotatable bonds is 9. The van der Waals surface area contributed by atoms with Crippen molar-refractivity contribution in [1.29, 1.82) is 0 Å². The highest BCUT2D eigenvalue weighted by molar-refractivity contribution is 7.89. The SMILES string of the molecule is CCN(CC)C(=O)c1ccc(S(=O)(=O)NCC2(COC)CCNCC2)cc1. The molecule has 1 saturated heterocycles. The third-order valence-electron chi connectivity index (χ3n) is 5.21. The van der Waals surface area contributed by atoms with Crippen LogP contribution in [0.3, 0.4) is 0 Å². The summed E-state index contributed by atoms with van der Waals surface area (Å²) in [5.74, 6) is -0.0920. The molecule has 0 aliphatic carbocycles. The van der Waals surface area contributed by atoms with Crippen LogP contribution in [0.1, 0.15) is 37.0 Å². The largest absolute Gasteiger partial charge is 0.384 e. The van der Waals surface area contributed by atoms with Crippen molar-refractivity contribution < 1.29 is 17.9 Å². The molecule has 152 valence electrons. The van der Waals surface area contributed by atoms with E-state index in [-0.39, 0.29) is 16.2 Å². The first kappa shape index (κ1) is 21.8. The topological polar surface area (TPSA) is 87.7 Å². The van der Waals surface area contributed by atoms with Crippen molar-refractivity contribution in [2.45, 2.75) is 31.6 Å². The fourth-order valence-corrected chi connectivity index (χ4v) is 4.59. The second-order valence-electron chi connectivity index (χ2n) is 7.01. The average Bonchev–Trinajstić information content (AvgIpc) is 2.68. The quantitative estimate of drug-likeness (QED) is 0.659. The summed E-state index contributed by atoms with van der Waals surface area (Å²) in [6, 6.07) is 6.13. The number of amides is 1. The Morgan fingerprint density at radius 3 is 2.30 bits per heavy atom. The van der Waals surface area contributed by atoms with Crippen LogP contribution in [0.15, 0.2) is 29.2 Å². The molecule has 7 nitrogen and oxygen atoms in total. The number of piperidine rings is 1. The lowest BCUT2D eigenvalue weighted by molar-refractivity contribution is 0.0577. The number of ether oxygens (including phenoxy) is 1. The van der Waals surface area contributed by atoms with Crippen molar-refractivity contribution in [2.75, 3.05) is 46.4 Å². The first-order valence-corrected chi connectivity index (χ1v) is 10.9. The zero-order chi connectivity index (χ0) is 19.9. The van der Waals surface area contributed by atoms with Gasteiger partial charge in [-0.1, -0.05) is 0 Å². The molecule has 2 N–H and O–H groups in total. The van der Waals surface area contributed by atoms with Gasteiger partial charge >= 0.3 is 0 Å². The van der Waals surface area contributed by atoms with Crippen LogP contribution in [-0.2, 0) is 14.8 Å². The molecule has 1 aliphatic rings. The van der Waals surface area contributed by atoms with Crippen LogP contribution in [0, 0.1) is 5.41 Å². The molecule has 1 fully saturated rings. The van der Waals surface area contributed by atoms with E-state index in [0.717, 1.165) is 25.9 Å². The van der Waals surface area contributed by atoms with E-state index in [1.165, 1.54) is 12.1 Å². The highest BCUT2D eigenvalue weighted by Gasteiger charge is 2.33. The summed E-state index contributed by atoms with van der Waals surface area (Å²) in [7, 11) is -2.00. The summed E-state index contributed by atoms with van der Waals surface area (Å²) in [4.78, 5) is 14.2. The van der Waals surface area contributed by atoms with Crippen LogP contribution in [0.2, 0.25) is 0 Å². The van der Waals surface area contributed by atoms with Crippen molar-refractivity contribution in [1.82, 2.24) is 14.9 Å². The molecular weight excluding hydrogens is 366 g/mol. The Labute approximate surface area is 162 Å². The molecule has 1 aliphatic heterocycles. The van der Waals surface area contributed by atoms with Crippen molar-refractivity contribution in [3.05, 3.63) is 29.8 Å². The monoisotopic (exact) mass is 397 g/mol. The lowest BCUT2D eigenvalue weighted by Gasteiger charge is -2.37. The third kappa shape index (κ3) is 5.51. The van der Waals surface area contributed by atoms with Gasteiger partial charge in [0.05, 0.1) is 11.5 Å². The molecule has 0 radical (unpaired) electrons. The Balaban J connectivity index is 2.08. The minimum absolute atomic E-state index is 0.0920. The Bertz CT molecular complexity index is 703. The van der Waals surface area contributed by atoms with Gasteiger partial charge in [-0.05, 0) is 64.0 Å². The fraction of sp³-hybridized carbons (Fsp3) is 0.632. The zero-order valence-electron chi connectivity index (χ0n) is 16.5. The van der Waals surface area contributed by atoms with E-state index >= 15 is 0 Å². The molecule has 0 unspecified atom stereocenters. The summed E-state index contributed by atoms with van der Waals surface area (Å²) in [6.45, 7) is 7.64. The van der Waals surface area contributed by atoms with E-state index < -0.39 is 10.0 Å². The molecule has 1 heterocycles. The Morgan fingerprint density at radius 2 is 1.78 bits per heavy atom. The number of hydrogen-bond acceptors (Lipinski definition) is 5. The van der Waals surface area contributed by atoms with Crippen molar-refractivity contribution in [3.8, 4) is 0 Å². The van der Waals surface area contributed by atoms with Gasteiger partial charge < -0.3 is 15.0 Å². The Hall–Kier alpha value is -1.48. The maximum absolute atomic E-state index is 12.7. The number of carbonyl (C=O) groups is 1. The van der Waals surface area contributed by atoms with E-state index in [4.69, 9.17) is 4.74 Å². The van der Waals surface area contributed by atoms with E-state index in [1.807, 2.05) is 13.8 Å². The van der Waals surface area contributed by atoms with Gasteiger partial charge in [-0.3, -0.25) is 4.79 Å². The van der Waals surface area contributed by atoms with Crippen LogP contribution in [0.25, 0.3) is 0 Å². The van der Waals surface area contributed by atoms with Gasteiger partial charge in [0.15, 0.2) is 0 Å². The molecular formula is C19H31N3O4S. The summed E-state index contributed by atoms with van der Waals surface area (Å²) in [5, 5.41) is 3.29. The minimum atomic E-state index is -3.64. The highest BCUT2D eigenvalue weighted by Crippen LogP contribution is 2.29. The molecule has 0 spiro atoms. The first-order valence-electron chi connectivity index (χ1n) is 9.46. The van der Waals surface area contributed by atoms with E-state index in [9.17, 15) is 13.2 Å². The van der Waals surface area contributed by atoms with E-state index in [0.29, 0.717) is 31.8 Å². The zero-order valence-corrected chi connectivity index (χ0v) is 17.3. The smallest absolute Gasteiger partial charge is 0.253 e. The van der Waals surface area contributed by atoms with Gasteiger partial charge in [0, 0.05) is 37.7 Å². The second kappa shape index (κ2) is 9.64. The predicted octanol–water partition coefficient (Wildman–Crippen LogP) is 1.46. The molecule has 27 heavy (non-hydrogen) atoms. The van der Waals surface area contributed by atoms with Gasteiger partial charge in [0.25, 0.3) is 5.91 Å². The van der Waals surface area contributed by atoms with Gasteiger partial charge in [0.1, 0.15) is 0 Å². The van der Waals surface area contributed by atoms with Gasteiger partial charge in [0.2, 0.25) is 10.0 Å². The number of carbonyl (C=O) groups excluding carboxylic acids is 1. The summed E-state index contributed by atoms with van der Waals surface area (Å²) < 4.78 is 33.4. The number of sulfonamides is 1. The van der Waals surface area contributed by atoms with E-state index in [1.54, 1.807) is 24.1 Å². The number of nitrogens with zero attached hydrogens (tertiary/aromatic N) is 1. The van der Waals surface area contributed by atoms with Crippen LogP contribution >= 0.6 is 0 Å². The average molecular weight is 398 g/mol.